The van der Waals surface area contributed by atoms with Crippen molar-refractivity contribution in [2.75, 3.05) is 0 Å². The average molecular weight is 519 g/mol. The lowest BCUT2D eigenvalue weighted by Crippen LogP contribution is -2.10. The molecule has 0 N–H and O–H groups in total. The van der Waals surface area contributed by atoms with E-state index in [0.717, 1.165) is 0 Å². The molecule has 0 aliphatic rings. The highest BCUT2D eigenvalue weighted by Gasteiger charge is 2.16. The molecule has 6 aromatic carbocycles. The Labute approximate surface area is 239 Å². The van der Waals surface area contributed by atoms with Crippen LogP contribution in [-0.4, -0.2) is 0 Å². The Kier molecular flexibility index (Phi) is 6.38. The van der Waals surface area contributed by atoms with Crippen LogP contribution < -0.4 is 0 Å². The van der Waals surface area contributed by atoms with Gasteiger partial charge in [-0.15, -0.1) is 0 Å². The first-order valence-corrected chi connectivity index (χ1v) is 14.4. The van der Waals surface area contributed by atoms with Crippen molar-refractivity contribution in [2.45, 2.75) is 52.4 Å². The van der Waals surface area contributed by atoms with Crippen LogP contribution in [0.25, 0.3) is 54.9 Å². The van der Waals surface area contributed by atoms with Crippen LogP contribution in [0.15, 0.2) is 121 Å². The molecule has 198 valence electrons. The number of fused-ring (bicyclic) bond motifs is 2. The molecule has 0 radical (unpaired) electrons. The summed E-state index contributed by atoms with van der Waals surface area (Å²) in [4.78, 5) is 0. The summed E-state index contributed by atoms with van der Waals surface area (Å²) < 4.78 is 0. The Bertz CT molecular complexity index is 1690. The van der Waals surface area contributed by atoms with E-state index in [1.807, 2.05) is 0 Å². The Morgan fingerprint density at radius 2 is 0.750 bits per heavy atom. The summed E-state index contributed by atoms with van der Waals surface area (Å²) in [5, 5.41) is 5.11. The minimum Gasteiger partial charge on any atom is -0.0622 e. The zero-order valence-electron chi connectivity index (χ0n) is 24.5. The molecule has 0 nitrogen and oxygen atoms in total. The lowest BCUT2D eigenvalue weighted by Gasteiger charge is -2.19. The zero-order chi connectivity index (χ0) is 28.1. The fourth-order valence-electron chi connectivity index (χ4n) is 5.73. The van der Waals surface area contributed by atoms with Gasteiger partial charge in [0, 0.05) is 0 Å². The molecular weight excluding hydrogens is 480 g/mol. The van der Waals surface area contributed by atoms with Crippen LogP contribution in [0.3, 0.4) is 0 Å². The third-order valence-electron chi connectivity index (χ3n) is 8.18. The van der Waals surface area contributed by atoms with E-state index < -0.39 is 0 Å². The maximum atomic E-state index is 2.37. The van der Waals surface area contributed by atoms with Crippen molar-refractivity contribution in [2.24, 2.45) is 0 Å². The van der Waals surface area contributed by atoms with E-state index in [4.69, 9.17) is 0 Å². The molecule has 0 heterocycles. The fourth-order valence-corrected chi connectivity index (χ4v) is 5.73. The van der Waals surface area contributed by atoms with Crippen molar-refractivity contribution in [3.05, 3.63) is 132 Å². The van der Waals surface area contributed by atoms with Crippen LogP contribution in [-0.2, 0) is 10.8 Å². The topological polar surface area (TPSA) is 0 Å². The van der Waals surface area contributed by atoms with Crippen LogP contribution in [0.4, 0.5) is 0 Å². The molecule has 40 heavy (non-hydrogen) atoms. The quantitative estimate of drug-likeness (QED) is 0.204. The van der Waals surface area contributed by atoms with Crippen LogP contribution in [0.2, 0.25) is 0 Å². The van der Waals surface area contributed by atoms with Gasteiger partial charge >= 0.3 is 0 Å². The molecule has 0 heteroatoms. The molecule has 0 aliphatic carbocycles. The van der Waals surface area contributed by atoms with Gasteiger partial charge in [-0.2, -0.15) is 0 Å². The SMILES string of the molecule is CC(C)(C)c1ccc(-c2ccc3c(-c4ccccc4)c4ccc(-c5ccc(C(C)(C)C)cc5)cc4cc3c2)cc1. The van der Waals surface area contributed by atoms with Crippen molar-refractivity contribution >= 4 is 21.5 Å². The number of rotatable bonds is 3. The standard InChI is InChI=1S/C40H38/c1-39(2,3)34-18-12-27(13-19-34)30-16-22-36-32(24-30)26-33-25-31(28-14-20-35(21-15-28)40(4,5)6)17-23-37(33)38(36)29-10-8-7-9-11-29/h7-26H,1-6H3. The first-order valence-electron chi connectivity index (χ1n) is 14.4. The van der Waals surface area contributed by atoms with Gasteiger partial charge in [0.2, 0.25) is 0 Å². The minimum atomic E-state index is 0.149. The van der Waals surface area contributed by atoms with Gasteiger partial charge in [-0.3, -0.25) is 0 Å². The van der Waals surface area contributed by atoms with Gasteiger partial charge in [-0.25, -0.2) is 0 Å². The van der Waals surface area contributed by atoms with Crippen molar-refractivity contribution < 1.29 is 0 Å². The lowest BCUT2D eigenvalue weighted by atomic mass is 9.85. The predicted molar refractivity (Wildman–Crippen MR) is 175 cm³/mol. The van der Waals surface area contributed by atoms with Crippen molar-refractivity contribution in [1.82, 2.24) is 0 Å². The molecule has 0 aliphatic heterocycles. The van der Waals surface area contributed by atoms with E-state index in [-0.39, 0.29) is 10.8 Å². The van der Waals surface area contributed by atoms with Gasteiger partial charge in [0.15, 0.2) is 0 Å². The van der Waals surface area contributed by atoms with Gasteiger partial charge in [0.1, 0.15) is 0 Å². The number of hydrogen-bond donors (Lipinski definition) is 0. The first-order chi connectivity index (χ1) is 19.1. The Morgan fingerprint density at radius 1 is 0.350 bits per heavy atom. The van der Waals surface area contributed by atoms with Crippen LogP contribution in [0.5, 0.6) is 0 Å². The smallest absolute Gasteiger partial charge is 0.00268 e. The van der Waals surface area contributed by atoms with Crippen LogP contribution in [0.1, 0.15) is 52.7 Å². The average Bonchev–Trinajstić information content (AvgIpc) is 2.95. The molecule has 0 aromatic heterocycles. The number of benzene rings is 6. The maximum Gasteiger partial charge on any atom is -0.00268 e. The van der Waals surface area contributed by atoms with E-state index in [1.54, 1.807) is 0 Å². The highest BCUT2D eigenvalue weighted by Crippen LogP contribution is 2.40. The Morgan fingerprint density at radius 3 is 1.15 bits per heavy atom. The van der Waals surface area contributed by atoms with E-state index in [1.165, 1.54) is 66.1 Å². The molecule has 6 rings (SSSR count). The second kappa shape index (κ2) is 9.79. The summed E-state index contributed by atoms with van der Waals surface area (Å²) in [7, 11) is 0. The summed E-state index contributed by atoms with van der Waals surface area (Å²) in [6, 6.07) is 45.2. The number of hydrogen-bond acceptors (Lipinski definition) is 0. The molecule has 0 bridgehead atoms. The third kappa shape index (κ3) is 4.95. The van der Waals surface area contributed by atoms with Gasteiger partial charge in [-0.05, 0) is 95.1 Å². The van der Waals surface area contributed by atoms with Gasteiger partial charge in [-0.1, -0.05) is 145 Å². The lowest BCUT2D eigenvalue weighted by molar-refractivity contribution is 0.590. The first kappa shape index (κ1) is 26.1. The Balaban J connectivity index is 1.52. The molecule has 6 aromatic rings. The molecule has 0 spiro atoms. The normalized spacial score (nSPS) is 12.2. The van der Waals surface area contributed by atoms with Gasteiger partial charge in [0.05, 0.1) is 0 Å². The van der Waals surface area contributed by atoms with E-state index in [2.05, 4.69) is 163 Å². The summed E-state index contributed by atoms with van der Waals surface area (Å²) in [5.41, 5.74) is 10.6. The molecule has 0 amide bonds. The maximum absolute atomic E-state index is 2.37. The largest absolute Gasteiger partial charge is 0.0622 e. The van der Waals surface area contributed by atoms with Crippen LogP contribution >= 0.6 is 0 Å². The summed E-state index contributed by atoms with van der Waals surface area (Å²) >= 11 is 0. The summed E-state index contributed by atoms with van der Waals surface area (Å²) in [6.45, 7) is 13.6. The highest BCUT2D eigenvalue weighted by atomic mass is 14.2. The molecule has 0 fully saturated rings. The van der Waals surface area contributed by atoms with Crippen LogP contribution in [0, 0.1) is 0 Å². The van der Waals surface area contributed by atoms with E-state index in [0.29, 0.717) is 0 Å². The molecule has 0 atom stereocenters. The van der Waals surface area contributed by atoms with Crippen molar-refractivity contribution in [1.29, 1.82) is 0 Å². The molecule has 0 saturated heterocycles. The highest BCUT2D eigenvalue weighted by molar-refractivity contribution is 6.14. The summed E-state index contributed by atoms with van der Waals surface area (Å²) in [6.07, 6.45) is 0. The second-order valence-electron chi connectivity index (χ2n) is 13.1. The van der Waals surface area contributed by atoms with Crippen molar-refractivity contribution in [3.63, 3.8) is 0 Å². The molecule has 0 saturated carbocycles. The Hall–Kier alpha value is -4.16. The zero-order valence-corrected chi connectivity index (χ0v) is 24.5. The monoisotopic (exact) mass is 518 g/mol. The fraction of sp³-hybridized carbons (Fsp3) is 0.200. The van der Waals surface area contributed by atoms with Crippen molar-refractivity contribution in [3.8, 4) is 33.4 Å². The van der Waals surface area contributed by atoms with E-state index in [9.17, 15) is 0 Å². The third-order valence-corrected chi connectivity index (χ3v) is 8.18. The summed E-state index contributed by atoms with van der Waals surface area (Å²) in [5.74, 6) is 0. The van der Waals surface area contributed by atoms with E-state index >= 15 is 0 Å². The van der Waals surface area contributed by atoms with Gasteiger partial charge < -0.3 is 0 Å². The predicted octanol–water partition coefficient (Wildman–Crippen LogP) is 11.6. The second-order valence-corrected chi connectivity index (χ2v) is 13.1. The van der Waals surface area contributed by atoms with Gasteiger partial charge in [0.25, 0.3) is 0 Å². The molecule has 0 unspecified atom stereocenters. The molecular formula is C40H38. The minimum absolute atomic E-state index is 0.149.